The van der Waals surface area contributed by atoms with Crippen LogP contribution in [0.5, 0.6) is 5.75 Å². The number of pyridine rings is 1. The summed E-state index contributed by atoms with van der Waals surface area (Å²) in [6.45, 7) is 0.812. The minimum Gasteiger partial charge on any atom is -0.502 e. The number of ether oxygens (including phenoxy) is 1. The van der Waals surface area contributed by atoms with Gasteiger partial charge in [0.2, 0.25) is 5.43 Å². The normalized spacial score (nSPS) is 18.1. The van der Waals surface area contributed by atoms with Crippen LogP contribution in [0.3, 0.4) is 0 Å². The highest BCUT2D eigenvalue weighted by molar-refractivity contribution is 7.98. The number of amides is 1. The van der Waals surface area contributed by atoms with Gasteiger partial charge >= 0.3 is 6.18 Å². The molecule has 7 nitrogen and oxygen atoms in total. The van der Waals surface area contributed by atoms with E-state index < -0.39 is 47.7 Å². The molecular weight excluding hydrogens is 507 g/mol. The zero-order valence-corrected chi connectivity index (χ0v) is 20.8. The van der Waals surface area contributed by atoms with Gasteiger partial charge < -0.3 is 14.7 Å². The lowest BCUT2D eigenvalue weighted by atomic mass is 9.92. The molecule has 1 aromatic heterocycles. The number of aromatic hydroxyl groups is 1. The van der Waals surface area contributed by atoms with Crippen LogP contribution in [0.4, 0.5) is 13.2 Å². The number of carbonyl (C=O) groups is 1. The number of hydrogen-bond acceptors (Lipinski definition) is 6. The fourth-order valence-electron chi connectivity index (χ4n) is 4.80. The summed E-state index contributed by atoms with van der Waals surface area (Å²) in [6.07, 6.45) is -3.39. The summed E-state index contributed by atoms with van der Waals surface area (Å²) in [6, 6.07) is 11.8. The molecule has 1 amide bonds. The van der Waals surface area contributed by atoms with Crippen molar-refractivity contribution in [3.63, 3.8) is 0 Å². The maximum atomic E-state index is 13.9. The second kappa shape index (κ2) is 9.46. The van der Waals surface area contributed by atoms with Crippen LogP contribution in [-0.4, -0.2) is 46.6 Å². The number of alkyl halides is 3. The third kappa shape index (κ3) is 4.36. The van der Waals surface area contributed by atoms with E-state index in [1.54, 1.807) is 23.9 Å². The van der Waals surface area contributed by atoms with E-state index in [0.29, 0.717) is 17.3 Å². The molecule has 2 aliphatic rings. The molecule has 0 saturated heterocycles. The van der Waals surface area contributed by atoms with Crippen molar-refractivity contribution < 1.29 is 27.8 Å². The zero-order valence-electron chi connectivity index (χ0n) is 20.0. The van der Waals surface area contributed by atoms with Crippen molar-refractivity contribution >= 4 is 17.7 Å². The molecule has 0 radical (unpaired) electrons. The van der Waals surface area contributed by atoms with Crippen LogP contribution in [0.2, 0.25) is 0 Å². The number of rotatable bonds is 4. The van der Waals surface area contributed by atoms with Gasteiger partial charge in [-0.15, -0.1) is 11.8 Å². The number of halogens is 3. The van der Waals surface area contributed by atoms with E-state index in [9.17, 15) is 27.9 Å². The van der Waals surface area contributed by atoms with Crippen LogP contribution in [0.1, 0.15) is 45.7 Å². The molecule has 3 aromatic rings. The standard InChI is InChI=1S/C26H24F3N3O4S/c1-15(26(27,28)29)30-14-32(31-10-9-20(33)24(34)23(31)25(30)35)22-18-5-3-4-6-21(18)37-13-17-8-7-16(12-36-2)11-19(17)22/h3-11,15,22,34H,12-14H2,1-2H3/t15-,22-/m1/s1. The first-order chi connectivity index (χ1) is 17.6. The molecular formula is C26H24F3N3O4S. The lowest BCUT2D eigenvalue weighted by Gasteiger charge is -2.46. The molecule has 194 valence electrons. The minimum atomic E-state index is -4.71. The van der Waals surface area contributed by atoms with Gasteiger partial charge in [-0.25, -0.2) is 0 Å². The number of methoxy groups -OCH3 is 1. The van der Waals surface area contributed by atoms with Crippen molar-refractivity contribution in [2.45, 2.75) is 42.4 Å². The Balaban J connectivity index is 1.78. The van der Waals surface area contributed by atoms with Crippen molar-refractivity contribution in [1.82, 2.24) is 9.58 Å². The van der Waals surface area contributed by atoms with E-state index in [1.165, 1.54) is 10.9 Å². The highest BCUT2D eigenvalue weighted by Crippen LogP contribution is 2.43. The smallest absolute Gasteiger partial charge is 0.408 e. The van der Waals surface area contributed by atoms with Gasteiger partial charge in [-0.3, -0.25) is 19.3 Å². The Hall–Kier alpha value is -3.44. The topological polar surface area (TPSA) is 75.0 Å². The van der Waals surface area contributed by atoms with Gasteiger partial charge in [0, 0.05) is 30.0 Å². The molecule has 0 fully saturated rings. The number of carbonyl (C=O) groups excluding carboxylic acids is 1. The second-order valence-corrected chi connectivity index (χ2v) is 10.0. The Kier molecular flexibility index (Phi) is 6.45. The fraction of sp³-hybridized carbons (Fsp3) is 0.308. The molecule has 0 unspecified atom stereocenters. The largest absolute Gasteiger partial charge is 0.502 e. The summed E-state index contributed by atoms with van der Waals surface area (Å²) in [5, 5.41) is 12.2. The van der Waals surface area contributed by atoms with Crippen LogP contribution in [0, 0.1) is 0 Å². The van der Waals surface area contributed by atoms with Crippen molar-refractivity contribution in [2.75, 3.05) is 18.8 Å². The first-order valence-electron chi connectivity index (χ1n) is 11.5. The molecule has 0 aliphatic carbocycles. The van der Waals surface area contributed by atoms with E-state index in [1.807, 2.05) is 42.5 Å². The third-order valence-corrected chi connectivity index (χ3v) is 7.88. The average molecular weight is 532 g/mol. The van der Waals surface area contributed by atoms with Crippen molar-refractivity contribution in [2.24, 2.45) is 0 Å². The first kappa shape index (κ1) is 25.2. The lowest BCUT2D eigenvalue weighted by molar-refractivity contribution is -0.173. The van der Waals surface area contributed by atoms with Gasteiger partial charge in [0.15, 0.2) is 11.4 Å². The van der Waals surface area contributed by atoms with Gasteiger partial charge in [0.05, 0.1) is 12.6 Å². The molecule has 0 saturated carbocycles. The predicted molar refractivity (Wildman–Crippen MR) is 132 cm³/mol. The molecule has 2 aromatic carbocycles. The van der Waals surface area contributed by atoms with Crippen LogP contribution in [0.15, 0.2) is 64.4 Å². The van der Waals surface area contributed by atoms with Gasteiger partial charge in [-0.05, 0) is 35.2 Å². The summed E-state index contributed by atoms with van der Waals surface area (Å²) in [5.41, 5.74) is 2.18. The van der Waals surface area contributed by atoms with Gasteiger partial charge in [0.1, 0.15) is 12.7 Å². The van der Waals surface area contributed by atoms with Gasteiger partial charge in [-0.1, -0.05) is 36.4 Å². The third-order valence-electron chi connectivity index (χ3n) is 6.74. The van der Waals surface area contributed by atoms with E-state index in [4.69, 9.17) is 4.74 Å². The molecule has 37 heavy (non-hydrogen) atoms. The maximum Gasteiger partial charge on any atom is 0.408 e. The SMILES string of the molecule is COCc1ccc2c(c1)[C@H](N1CN([C@H](C)C(F)(F)F)C(=O)c3c(O)c(=O)ccn31)c1ccccc1SC2. The average Bonchev–Trinajstić information content (AvgIpc) is 3.02. The Morgan fingerprint density at radius 1 is 1.14 bits per heavy atom. The van der Waals surface area contributed by atoms with Gasteiger partial charge in [0.25, 0.3) is 5.91 Å². The summed E-state index contributed by atoms with van der Waals surface area (Å²) >= 11 is 1.61. The second-order valence-electron chi connectivity index (χ2n) is 8.99. The van der Waals surface area contributed by atoms with Crippen LogP contribution >= 0.6 is 11.8 Å². The van der Waals surface area contributed by atoms with Crippen LogP contribution in [-0.2, 0) is 17.1 Å². The Morgan fingerprint density at radius 2 is 1.89 bits per heavy atom. The van der Waals surface area contributed by atoms with Crippen LogP contribution < -0.4 is 10.4 Å². The summed E-state index contributed by atoms with van der Waals surface area (Å²) in [7, 11) is 1.58. The minimum absolute atomic E-state index is 0.342. The summed E-state index contributed by atoms with van der Waals surface area (Å²) in [5.74, 6) is -1.32. The van der Waals surface area contributed by atoms with Crippen LogP contribution in [0.25, 0.3) is 0 Å². The van der Waals surface area contributed by atoms with E-state index in [2.05, 4.69) is 0 Å². The molecule has 2 atom stereocenters. The quantitative estimate of drug-likeness (QED) is 0.538. The molecule has 11 heteroatoms. The highest BCUT2D eigenvalue weighted by atomic mass is 32.2. The van der Waals surface area contributed by atoms with Gasteiger partial charge in [-0.2, -0.15) is 13.2 Å². The van der Waals surface area contributed by atoms with Crippen molar-refractivity contribution in [3.8, 4) is 5.75 Å². The van der Waals surface area contributed by atoms with E-state index in [0.717, 1.165) is 40.1 Å². The number of nitrogens with zero attached hydrogens (tertiary/aromatic N) is 3. The molecule has 2 aliphatic heterocycles. The molecule has 1 N–H and O–H groups in total. The highest BCUT2D eigenvalue weighted by Gasteiger charge is 2.47. The molecule has 3 heterocycles. The molecule has 5 rings (SSSR count). The number of fused-ring (bicyclic) bond motifs is 3. The monoisotopic (exact) mass is 531 g/mol. The molecule has 0 spiro atoms. The Labute approximate surface area is 215 Å². The Morgan fingerprint density at radius 3 is 2.62 bits per heavy atom. The van der Waals surface area contributed by atoms with Crippen molar-refractivity contribution in [1.29, 1.82) is 0 Å². The number of benzene rings is 2. The number of hydrogen-bond donors (Lipinski definition) is 1. The maximum absolute atomic E-state index is 13.9. The van der Waals surface area contributed by atoms with Crippen molar-refractivity contribution in [3.05, 3.63) is 92.9 Å². The van der Waals surface area contributed by atoms with E-state index in [-0.39, 0.29) is 0 Å². The zero-order chi connectivity index (χ0) is 26.5. The molecule has 0 bridgehead atoms. The number of thioether (sulfide) groups is 1. The fourth-order valence-corrected chi connectivity index (χ4v) is 5.90. The lowest BCUT2D eigenvalue weighted by Crippen LogP contribution is -2.60. The summed E-state index contributed by atoms with van der Waals surface area (Å²) < 4.78 is 48.2. The predicted octanol–water partition coefficient (Wildman–Crippen LogP) is 4.40. The number of aromatic nitrogens is 1. The Bertz CT molecular complexity index is 1420. The van der Waals surface area contributed by atoms with E-state index >= 15 is 0 Å². The summed E-state index contributed by atoms with van der Waals surface area (Å²) in [4.78, 5) is 27.1. The first-order valence-corrected chi connectivity index (χ1v) is 12.5.